The first-order valence-corrected chi connectivity index (χ1v) is 8.23. The average Bonchev–Trinajstić information content (AvgIpc) is 2.86. The number of rotatable bonds is 4. The molecule has 21 heavy (non-hydrogen) atoms. The molecule has 0 aliphatic carbocycles. The Morgan fingerprint density at radius 2 is 2.00 bits per heavy atom. The summed E-state index contributed by atoms with van der Waals surface area (Å²) in [7, 11) is -1.15. The van der Waals surface area contributed by atoms with Gasteiger partial charge in [-0.3, -0.25) is 4.21 Å². The first-order valence-electron chi connectivity index (χ1n) is 6.85. The van der Waals surface area contributed by atoms with E-state index in [1.54, 1.807) is 24.3 Å². The summed E-state index contributed by atoms with van der Waals surface area (Å²) in [4.78, 5) is 11.5. The van der Waals surface area contributed by atoms with Crippen molar-refractivity contribution >= 4 is 27.7 Å². The van der Waals surface area contributed by atoms with Gasteiger partial charge in [0.1, 0.15) is 16.9 Å². The fraction of sp³-hybridized carbons (Fsp3) is 0.400. The molecule has 1 aromatic heterocycles. The van der Waals surface area contributed by atoms with E-state index in [0.717, 1.165) is 12.8 Å². The number of para-hydroxylation sites is 1. The second-order valence-electron chi connectivity index (χ2n) is 5.04. The number of ether oxygens (including phenoxy) is 1. The Morgan fingerprint density at radius 1 is 1.29 bits per heavy atom. The van der Waals surface area contributed by atoms with Crippen molar-refractivity contribution in [2.75, 3.05) is 13.2 Å². The van der Waals surface area contributed by atoms with E-state index in [1.807, 2.05) is 0 Å². The van der Waals surface area contributed by atoms with E-state index in [4.69, 9.17) is 9.15 Å². The van der Waals surface area contributed by atoms with Gasteiger partial charge in [-0.05, 0) is 18.9 Å². The highest BCUT2D eigenvalue weighted by Crippen LogP contribution is 2.28. The molecule has 6 heteroatoms. The summed E-state index contributed by atoms with van der Waals surface area (Å²) in [5.74, 6) is -0.603. The van der Waals surface area contributed by atoms with Crippen LogP contribution in [0.3, 0.4) is 0 Å². The summed E-state index contributed by atoms with van der Waals surface area (Å²) in [5, 5.41) is 10.0. The molecule has 3 rings (SSSR count). The zero-order chi connectivity index (χ0) is 14.8. The Labute approximate surface area is 124 Å². The summed E-state index contributed by atoms with van der Waals surface area (Å²) in [6.45, 7) is 1.23. The van der Waals surface area contributed by atoms with Crippen LogP contribution in [0.25, 0.3) is 11.0 Å². The minimum Gasteiger partial charge on any atom is -0.478 e. The highest BCUT2D eigenvalue weighted by molar-refractivity contribution is 7.84. The van der Waals surface area contributed by atoms with Gasteiger partial charge in [0.2, 0.25) is 0 Å². The molecule has 0 radical (unpaired) electrons. The lowest BCUT2D eigenvalue weighted by Gasteiger charge is -2.20. The number of carbonyl (C=O) groups is 1. The molecule has 1 aromatic carbocycles. The van der Waals surface area contributed by atoms with Crippen LogP contribution >= 0.6 is 0 Å². The van der Waals surface area contributed by atoms with E-state index in [2.05, 4.69) is 0 Å². The zero-order valence-electron chi connectivity index (χ0n) is 11.4. The molecular formula is C15H16O5S. The van der Waals surface area contributed by atoms with Crippen molar-refractivity contribution in [3.05, 3.63) is 35.6 Å². The van der Waals surface area contributed by atoms with Crippen LogP contribution in [-0.2, 0) is 21.3 Å². The molecular weight excluding hydrogens is 292 g/mol. The van der Waals surface area contributed by atoms with Gasteiger partial charge in [0.05, 0.1) is 5.75 Å². The van der Waals surface area contributed by atoms with Gasteiger partial charge in [-0.1, -0.05) is 18.2 Å². The standard InChI is InChI=1S/C15H16O5S/c16-15(17)14-11-3-1-2-4-12(11)20-13(14)9-21(18)10-5-7-19-8-6-10/h1-4,10H,5-9H2,(H,16,17). The third-order valence-corrected chi connectivity index (χ3v) is 5.46. The molecule has 5 nitrogen and oxygen atoms in total. The van der Waals surface area contributed by atoms with Gasteiger partial charge in [0.25, 0.3) is 0 Å². The van der Waals surface area contributed by atoms with E-state index in [0.29, 0.717) is 29.9 Å². The largest absolute Gasteiger partial charge is 0.478 e. The number of hydrogen-bond acceptors (Lipinski definition) is 4. The van der Waals surface area contributed by atoms with Gasteiger partial charge >= 0.3 is 5.97 Å². The second kappa shape index (κ2) is 5.99. The summed E-state index contributed by atoms with van der Waals surface area (Å²) in [6.07, 6.45) is 1.49. The summed E-state index contributed by atoms with van der Waals surface area (Å²) in [5.41, 5.74) is 0.653. The van der Waals surface area contributed by atoms with Gasteiger partial charge in [0.15, 0.2) is 0 Å². The molecule has 1 fully saturated rings. The SMILES string of the molecule is O=C(O)c1c(CS(=O)C2CCOCC2)oc2ccccc12. The normalized spacial score (nSPS) is 17.9. The summed E-state index contributed by atoms with van der Waals surface area (Å²) < 4.78 is 23.3. The Hall–Kier alpha value is -1.66. The van der Waals surface area contributed by atoms with Crippen molar-refractivity contribution in [1.29, 1.82) is 0 Å². The maximum absolute atomic E-state index is 12.4. The van der Waals surface area contributed by atoms with Gasteiger partial charge < -0.3 is 14.3 Å². The number of benzene rings is 1. The Kier molecular flexibility index (Phi) is 4.07. The third kappa shape index (κ3) is 2.87. The Morgan fingerprint density at radius 3 is 2.71 bits per heavy atom. The number of hydrogen-bond donors (Lipinski definition) is 1. The molecule has 1 atom stereocenters. The molecule has 1 aliphatic rings. The number of fused-ring (bicyclic) bond motifs is 1. The number of carboxylic acid groups (broad SMARTS) is 1. The van der Waals surface area contributed by atoms with E-state index in [-0.39, 0.29) is 16.6 Å². The fourth-order valence-corrected chi connectivity index (χ4v) is 4.03. The van der Waals surface area contributed by atoms with Crippen LogP contribution < -0.4 is 0 Å². The van der Waals surface area contributed by atoms with E-state index in [9.17, 15) is 14.1 Å². The molecule has 2 aromatic rings. The molecule has 112 valence electrons. The topological polar surface area (TPSA) is 76.7 Å². The monoisotopic (exact) mass is 308 g/mol. The highest BCUT2D eigenvalue weighted by Gasteiger charge is 2.26. The van der Waals surface area contributed by atoms with Crippen molar-refractivity contribution in [3.8, 4) is 0 Å². The Balaban J connectivity index is 1.91. The van der Waals surface area contributed by atoms with Gasteiger partial charge in [0, 0.05) is 34.6 Å². The smallest absolute Gasteiger partial charge is 0.339 e. The molecule has 0 spiro atoms. The van der Waals surface area contributed by atoms with Crippen molar-refractivity contribution in [3.63, 3.8) is 0 Å². The lowest BCUT2D eigenvalue weighted by molar-refractivity contribution is 0.0696. The molecule has 0 amide bonds. The van der Waals surface area contributed by atoms with Crippen LogP contribution in [0, 0.1) is 0 Å². The van der Waals surface area contributed by atoms with Crippen LogP contribution in [0.4, 0.5) is 0 Å². The first-order chi connectivity index (χ1) is 10.2. The molecule has 1 unspecified atom stereocenters. The first kappa shape index (κ1) is 14.3. The van der Waals surface area contributed by atoms with Crippen LogP contribution in [0.15, 0.2) is 28.7 Å². The predicted molar refractivity (Wildman–Crippen MR) is 78.9 cm³/mol. The fourth-order valence-electron chi connectivity index (χ4n) is 2.62. The lowest BCUT2D eigenvalue weighted by atomic mass is 10.1. The van der Waals surface area contributed by atoms with E-state index < -0.39 is 16.8 Å². The minimum atomic E-state index is -1.15. The number of furan rings is 1. The predicted octanol–water partition coefficient (Wildman–Crippen LogP) is 2.56. The van der Waals surface area contributed by atoms with Crippen molar-refractivity contribution < 1.29 is 23.3 Å². The second-order valence-corrected chi connectivity index (χ2v) is 6.76. The maximum atomic E-state index is 12.4. The van der Waals surface area contributed by atoms with Crippen LogP contribution in [0.2, 0.25) is 0 Å². The van der Waals surface area contributed by atoms with Crippen molar-refractivity contribution in [2.45, 2.75) is 23.8 Å². The van der Waals surface area contributed by atoms with Crippen molar-refractivity contribution in [1.82, 2.24) is 0 Å². The average molecular weight is 308 g/mol. The molecule has 1 saturated heterocycles. The number of aromatic carboxylic acids is 1. The molecule has 1 aliphatic heterocycles. The van der Waals surface area contributed by atoms with Crippen LogP contribution in [0.5, 0.6) is 0 Å². The van der Waals surface area contributed by atoms with Gasteiger partial charge in [-0.2, -0.15) is 0 Å². The molecule has 2 heterocycles. The third-order valence-electron chi connectivity index (χ3n) is 3.70. The quantitative estimate of drug-likeness (QED) is 0.939. The highest BCUT2D eigenvalue weighted by atomic mass is 32.2. The van der Waals surface area contributed by atoms with Crippen LogP contribution in [0.1, 0.15) is 29.0 Å². The van der Waals surface area contributed by atoms with Crippen LogP contribution in [-0.4, -0.2) is 33.7 Å². The summed E-state index contributed by atoms with van der Waals surface area (Å²) in [6, 6.07) is 6.99. The zero-order valence-corrected chi connectivity index (χ0v) is 12.2. The van der Waals surface area contributed by atoms with E-state index >= 15 is 0 Å². The molecule has 0 bridgehead atoms. The molecule has 1 N–H and O–H groups in total. The lowest BCUT2D eigenvalue weighted by Crippen LogP contribution is -2.25. The molecule has 0 saturated carbocycles. The van der Waals surface area contributed by atoms with E-state index in [1.165, 1.54) is 0 Å². The van der Waals surface area contributed by atoms with Crippen molar-refractivity contribution in [2.24, 2.45) is 0 Å². The van der Waals surface area contributed by atoms with Gasteiger partial charge in [-0.15, -0.1) is 0 Å². The van der Waals surface area contributed by atoms with Gasteiger partial charge in [-0.25, -0.2) is 4.79 Å². The maximum Gasteiger partial charge on any atom is 0.339 e. The number of carboxylic acids is 1. The minimum absolute atomic E-state index is 0.0496. The Bertz CT molecular complexity index is 684. The summed E-state index contributed by atoms with van der Waals surface area (Å²) >= 11 is 0.